The minimum atomic E-state index is -0.334. The number of hydrogen-bond donors (Lipinski definition) is 1. The fourth-order valence-electron chi connectivity index (χ4n) is 4.37. The molecule has 4 rings (SSSR count). The first-order chi connectivity index (χ1) is 13.1. The predicted octanol–water partition coefficient (Wildman–Crippen LogP) is 3.47. The van der Waals surface area contributed by atoms with Gasteiger partial charge in [0.2, 0.25) is 5.91 Å². The van der Waals surface area contributed by atoms with E-state index in [0.717, 1.165) is 50.0 Å². The van der Waals surface area contributed by atoms with Crippen LogP contribution in [0, 0.1) is 5.82 Å². The van der Waals surface area contributed by atoms with Crippen molar-refractivity contribution in [1.29, 1.82) is 0 Å². The molecule has 2 aromatic carbocycles. The molecule has 2 saturated heterocycles. The summed E-state index contributed by atoms with van der Waals surface area (Å²) in [7, 11) is 1.48. The number of hydrogen-bond acceptors (Lipinski definition) is 3. The van der Waals surface area contributed by atoms with Crippen LogP contribution in [-0.2, 0) is 11.3 Å². The standard InChI is InChI=1S/C22H25FN2O2/c1-27-20-13-16(7-8-19(20)23)15-25-11-9-22(10-12-25)14-18(21(26)24-22)17-5-3-2-4-6-17/h2-8,13,18H,9-12,14-15H2,1H3,(H,24,26)/t18-/m0/s1. The van der Waals surface area contributed by atoms with E-state index < -0.39 is 0 Å². The number of carbonyl (C=O) groups is 1. The van der Waals surface area contributed by atoms with E-state index >= 15 is 0 Å². The number of amides is 1. The van der Waals surface area contributed by atoms with Crippen LogP contribution in [0.5, 0.6) is 5.75 Å². The normalized spacial score (nSPS) is 22.0. The lowest BCUT2D eigenvalue weighted by atomic mass is 9.82. The second kappa shape index (κ2) is 7.31. The van der Waals surface area contributed by atoms with Crippen molar-refractivity contribution in [2.75, 3.05) is 20.2 Å². The van der Waals surface area contributed by atoms with Crippen LogP contribution in [0.2, 0.25) is 0 Å². The smallest absolute Gasteiger partial charge is 0.228 e. The van der Waals surface area contributed by atoms with Crippen molar-refractivity contribution in [1.82, 2.24) is 10.2 Å². The maximum atomic E-state index is 13.6. The topological polar surface area (TPSA) is 41.6 Å². The Labute approximate surface area is 159 Å². The van der Waals surface area contributed by atoms with Crippen LogP contribution in [0.4, 0.5) is 4.39 Å². The fraction of sp³-hybridized carbons (Fsp3) is 0.409. The van der Waals surface area contributed by atoms with Gasteiger partial charge in [-0.2, -0.15) is 0 Å². The number of carbonyl (C=O) groups excluding carboxylic acids is 1. The molecule has 142 valence electrons. The van der Waals surface area contributed by atoms with E-state index in [9.17, 15) is 9.18 Å². The molecule has 1 spiro atoms. The average Bonchev–Trinajstić information content (AvgIpc) is 3.02. The summed E-state index contributed by atoms with van der Waals surface area (Å²) in [5.41, 5.74) is 2.06. The summed E-state index contributed by atoms with van der Waals surface area (Å²) in [5, 5.41) is 3.29. The minimum absolute atomic E-state index is 0.0425. The summed E-state index contributed by atoms with van der Waals surface area (Å²) in [4.78, 5) is 14.9. The highest BCUT2D eigenvalue weighted by atomic mass is 19.1. The number of halogens is 1. The Hall–Kier alpha value is -2.40. The zero-order valence-electron chi connectivity index (χ0n) is 15.6. The van der Waals surface area contributed by atoms with Gasteiger partial charge in [0, 0.05) is 25.2 Å². The first kappa shape index (κ1) is 18.0. The number of benzene rings is 2. The van der Waals surface area contributed by atoms with Crippen molar-refractivity contribution in [2.24, 2.45) is 0 Å². The first-order valence-electron chi connectivity index (χ1n) is 9.50. The zero-order valence-corrected chi connectivity index (χ0v) is 15.6. The van der Waals surface area contributed by atoms with E-state index in [1.54, 1.807) is 6.07 Å². The lowest BCUT2D eigenvalue weighted by molar-refractivity contribution is -0.121. The number of likely N-dealkylation sites (tertiary alicyclic amines) is 1. The first-order valence-corrected chi connectivity index (χ1v) is 9.50. The number of methoxy groups -OCH3 is 1. The van der Waals surface area contributed by atoms with E-state index in [4.69, 9.17) is 4.74 Å². The summed E-state index contributed by atoms with van der Waals surface area (Å²) in [6.07, 6.45) is 2.76. The van der Waals surface area contributed by atoms with Crippen LogP contribution < -0.4 is 10.1 Å². The lowest BCUT2D eigenvalue weighted by Crippen LogP contribution is -2.50. The SMILES string of the molecule is COc1cc(CN2CCC3(CC2)C[C@@H](c2ccccc2)C(=O)N3)ccc1F. The second-order valence-electron chi connectivity index (χ2n) is 7.68. The molecule has 2 aliphatic heterocycles. The third-order valence-corrected chi connectivity index (χ3v) is 5.94. The highest BCUT2D eigenvalue weighted by Gasteiger charge is 2.46. The Morgan fingerprint density at radius 2 is 1.93 bits per heavy atom. The number of rotatable bonds is 4. The van der Waals surface area contributed by atoms with Gasteiger partial charge in [-0.05, 0) is 42.5 Å². The van der Waals surface area contributed by atoms with E-state index in [-0.39, 0.29) is 28.9 Å². The van der Waals surface area contributed by atoms with E-state index in [1.165, 1.54) is 13.2 Å². The average molecular weight is 368 g/mol. The van der Waals surface area contributed by atoms with Gasteiger partial charge in [-0.1, -0.05) is 36.4 Å². The summed E-state index contributed by atoms with van der Waals surface area (Å²) < 4.78 is 18.7. The maximum Gasteiger partial charge on any atom is 0.228 e. The lowest BCUT2D eigenvalue weighted by Gasteiger charge is -2.39. The quantitative estimate of drug-likeness (QED) is 0.898. The molecule has 1 atom stereocenters. The van der Waals surface area contributed by atoms with Crippen molar-refractivity contribution in [2.45, 2.75) is 37.3 Å². The molecule has 5 heteroatoms. The van der Waals surface area contributed by atoms with Gasteiger partial charge < -0.3 is 10.1 Å². The monoisotopic (exact) mass is 368 g/mol. The molecular formula is C22H25FN2O2. The third-order valence-electron chi connectivity index (χ3n) is 5.94. The van der Waals surface area contributed by atoms with Crippen LogP contribution in [0.15, 0.2) is 48.5 Å². The van der Waals surface area contributed by atoms with Crippen LogP contribution in [0.1, 0.15) is 36.3 Å². The summed E-state index contributed by atoms with van der Waals surface area (Å²) in [5.74, 6) is 0.0613. The molecule has 2 fully saturated rings. The number of nitrogens with zero attached hydrogens (tertiary/aromatic N) is 1. The largest absolute Gasteiger partial charge is 0.494 e. The molecule has 0 aromatic heterocycles. The van der Waals surface area contributed by atoms with Crippen molar-refractivity contribution in [3.63, 3.8) is 0 Å². The Bertz CT molecular complexity index is 816. The van der Waals surface area contributed by atoms with Gasteiger partial charge in [0.05, 0.1) is 13.0 Å². The summed E-state index contributed by atoms with van der Waals surface area (Å²) in [6.45, 7) is 2.60. The Kier molecular flexibility index (Phi) is 4.87. The van der Waals surface area contributed by atoms with Gasteiger partial charge in [0.1, 0.15) is 0 Å². The highest BCUT2D eigenvalue weighted by molar-refractivity contribution is 5.87. The van der Waals surface area contributed by atoms with Gasteiger partial charge in [-0.3, -0.25) is 9.69 Å². The van der Waals surface area contributed by atoms with Gasteiger partial charge >= 0.3 is 0 Å². The molecule has 2 aromatic rings. The fourth-order valence-corrected chi connectivity index (χ4v) is 4.37. The van der Waals surface area contributed by atoms with Gasteiger partial charge in [-0.15, -0.1) is 0 Å². The molecule has 1 amide bonds. The van der Waals surface area contributed by atoms with E-state index in [1.807, 2.05) is 36.4 Å². The molecule has 27 heavy (non-hydrogen) atoms. The van der Waals surface area contributed by atoms with Crippen LogP contribution >= 0.6 is 0 Å². The highest BCUT2D eigenvalue weighted by Crippen LogP contribution is 2.39. The van der Waals surface area contributed by atoms with E-state index in [0.29, 0.717) is 0 Å². The predicted molar refractivity (Wildman–Crippen MR) is 102 cm³/mol. The minimum Gasteiger partial charge on any atom is -0.494 e. The van der Waals surface area contributed by atoms with E-state index in [2.05, 4.69) is 10.2 Å². The second-order valence-corrected chi connectivity index (χ2v) is 7.68. The van der Waals surface area contributed by atoms with Crippen molar-refractivity contribution in [3.05, 3.63) is 65.5 Å². The zero-order chi connectivity index (χ0) is 18.9. The molecule has 2 heterocycles. The molecule has 0 aliphatic carbocycles. The van der Waals surface area contributed by atoms with Gasteiger partial charge in [-0.25, -0.2) is 4.39 Å². The number of ether oxygens (including phenoxy) is 1. The molecular weight excluding hydrogens is 343 g/mol. The number of piperidine rings is 1. The third kappa shape index (κ3) is 3.69. The number of nitrogens with one attached hydrogen (secondary N) is 1. The molecule has 1 N–H and O–H groups in total. The molecule has 2 aliphatic rings. The Balaban J connectivity index is 1.38. The van der Waals surface area contributed by atoms with Crippen LogP contribution in [0.3, 0.4) is 0 Å². The van der Waals surface area contributed by atoms with Crippen molar-refractivity contribution < 1.29 is 13.9 Å². The molecule has 0 unspecified atom stereocenters. The Morgan fingerprint density at radius 1 is 1.19 bits per heavy atom. The van der Waals surface area contributed by atoms with Crippen molar-refractivity contribution >= 4 is 5.91 Å². The summed E-state index contributed by atoms with van der Waals surface area (Å²) >= 11 is 0. The molecule has 0 radical (unpaired) electrons. The van der Waals surface area contributed by atoms with Gasteiger partial charge in [0.15, 0.2) is 11.6 Å². The van der Waals surface area contributed by atoms with Gasteiger partial charge in [0.25, 0.3) is 0 Å². The van der Waals surface area contributed by atoms with Crippen molar-refractivity contribution in [3.8, 4) is 5.75 Å². The van der Waals surface area contributed by atoms with Crippen LogP contribution in [0.25, 0.3) is 0 Å². The summed E-state index contributed by atoms with van der Waals surface area (Å²) in [6, 6.07) is 15.1. The van der Waals surface area contributed by atoms with Crippen LogP contribution in [-0.4, -0.2) is 36.5 Å². The molecule has 0 bridgehead atoms. The molecule has 0 saturated carbocycles. The maximum absolute atomic E-state index is 13.6. The Morgan fingerprint density at radius 3 is 2.63 bits per heavy atom. The molecule has 4 nitrogen and oxygen atoms in total.